The van der Waals surface area contributed by atoms with Crippen LogP contribution in [-0.4, -0.2) is 59.9 Å². The highest BCUT2D eigenvalue weighted by Crippen LogP contribution is 2.30. The average molecular weight is 379 g/mol. The number of aromatic amines is 1. The second-order valence-electron chi connectivity index (χ2n) is 7.60. The van der Waals surface area contributed by atoms with E-state index in [1.165, 1.54) is 7.11 Å². The fraction of sp³-hybridized carbons (Fsp3) is 0.455. The van der Waals surface area contributed by atoms with Crippen molar-refractivity contribution in [2.45, 2.75) is 25.8 Å². The molecule has 0 saturated carbocycles. The van der Waals surface area contributed by atoms with Gasteiger partial charge in [0.15, 0.2) is 0 Å². The summed E-state index contributed by atoms with van der Waals surface area (Å²) in [5, 5.41) is 0.999. The van der Waals surface area contributed by atoms with Gasteiger partial charge >= 0.3 is 5.97 Å². The molecule has 2 aliphatic rings. The molecule has 1 N–H and O–H groups in total. The normalized spacial score (nSPS) is 17.9. The fourth-order valence-corrected chi connectivity index (χ4v) is 4.37. The summed E-state index contributed by atoms with van der Waals surface area (Å²) in [5.41, 5.74) is 3.80. The number of benzene rings is 1. The van der Waals surface area contributed by atoms with Gasteiger partial charge in [-0.2, -0.15) is 0 Å². The van der Waals surface area contributed by atoms with Crippen molar-refractivity contribution >= 4 is 22.8 Å². The highest BCUT2D eigenvalue weighted by molar-refractivity contribution is 5.96. The van der Waals surface area contributed by atoms with E-state index in [9.17, 15) is 9.59 Å². The average Bonchev–Trinajstić information content (AvgIpc) is 3.10. The van der Waals surface area contributed by atoms with Crippen LogP contribution in [-0.2, 0) is 22.5 Å². The van der Waals surface area contributed by atoms with Crippen molar-refractivity contribution in [3.8, 4) is 12.3 Å². The number of carbonyl (C=O) groups is 2. The molecule has 0 spiro atoms. The number of hydrogen-bond donors (Lipinski definition) is 1. The third-order valence-corrected chi connectivity index (χ3v) is 5.96. The van der Waals surface area contributed by atoms with Crippen molar-refractivity contribution in [2.75, 3.05) is 33.3 Å². The van der Waals surface area contributed by atoms with Gasteiger partial charge in [0.2, 0.25) is 5.91 Å². The highest BCUT2D eigenvalue weighted by Gasteiger charge is 2.31. The van der Waals surface area contributed by atoms with E-state index in [1.54, 1.807) is 6.07 Å². The summed E-state index contributed by atoms with van der Waals surface area (Å²) in [5.74, 6) is 2.65. The Hall–Kier alpha value is -2.78. The Morgan fingerprint density at radius 1 is 1.29 bits per heavy atom. The zero-order chi connectivity index (χ0) is 19.7. The first-order valence-corrected chi connectivity index (χ1v) is 9.77. The van der Waals surface area contributed by atoms with Crippen molar-refractivity contribution in [1.29, 1.82) is 0 Å². The number of nitrogens with zero attached hydrogens (tertiary/aromatic N) is 2. The molecule has 28 heavy (non-hydrogen) atoms. The van der Waals surface area contributed by atoms with Crippen molar-refractivity contribution in [3.05, 3.63) is 35.0 Å². The monoisotopic (exact) mass is 379 g/mol. The first-order chi connectivity index (χ1) is 13.6. The van der Waals surface area contributed by atoms with Crippen molar-refractivity contribution in [1.82, 2.24) is 14.8 Å². The number of fused-ring (bicyclic) bond motifs is 3. The number of H-pyrrole nitrogens is 1. The molecule has 6 heteroatoms. The van der Waals surface area contributed by atoms with Crippen LogP contribution in [0.15, 0.2) is 18.2 Å². The summed E-state index contributed by atoms with van der Waals surface area (Å²) in [6.07, 6.45) is 7.93. The summed E-state index contributed by atoms with van der Waals surface area (Å²) in [6.45, 7) is 3.74. The van der Waals surface area contributed by atoms with Crippen LogP contribution in [0.25, 0.3) is 10.9 Å². The van der Waals surface area contributed by atoms with Gasteiger partial charge in [0.25, 0.3) is 0 Å². The number of aromatic nitrogens is 1. The Morgan fingerprint density at radius 3 is 2.79 bits per heavy atom. The molecule has 3 heterocycles. The summed E-state index contributed by atoms with van der Waals surface area (Å²) in [7, 11) is 1.38. The van der Waals surface area contributed by atoms with E-state index in [4.69, 9.17) is 11.2 Å². The predicted molar refractivity (Wildman–Crippen MR) is 107 cm³/mol. The molecule has 0 radical (unpaired) electrons. The number of methoxy groups -OCH3 is 1. The molecule has 146 valence electrons. The minimum Gasteiger partial charge on any atom is -0.465 e. The highest BCUT2D eigenvalue weighted by atomic mass is 16.5. The Bertz CT molecular complexity index is 948. The van der Waals surface area contributed by atoms with Gasteiger partial charge in [-0.05, 0) is 44.1 Å². The molecule has 0 unspecified atom stereocenters. The lowest BCUT2D eigenvalue weighted by atomic mass is 9.93. The number of ether oxygens (including phenoxy) is 1. The topological polar surface area (TPSA) is 65.6 Å². The maximum absolute atomic E-state index is 13.1. The van der Waals surface area contributed by atoms with Crippen LogP contribution in [0.1, 0.15) is 34.5 Å². The lowest BCUT2D eigenvalue weighted by molar-refractivity contribution is -0.138. The molecule has 1 fully saturated rings. The summed E-state index contributed by atoms with van der Waals surface area (Å²) >= 11 is 0. The van der Waals surface area contributed by atoms with Crippen LogP contribution in [0.2, 0.25) is 0 Å². The number of likely N-dealkylation sites (tertiary alicyclic amines) is 1. The second kappa shape index (κ2) is 7.69. The van der Waals surface area contributed by atoms with Gasteiger partial charge in [0, 0.05) is 47.6 Å². The third kappa shape index (κ3) is 3.38. The molecular weight excluding hydrogens is 354 g/mol. The molecular formula is C22H25N3O3. The number of hydrogen-bond acceptors (Lipinski definition) is 4. The molecule has 1 saturated heterocycles. The zero-order valence-corrected chi connectivity index (χ0v) is 16.2. The minimum absolute atomic E-state index is 0.0754. The van der Waals surface area contributed by atoms with E-state index in [1.807, 2.05) is 17.0 Å². The quantitative estimate of drug-likeness (QED) is 0.656. The molecule has 2 aromatic rings. The van der Waals surface area contributed by atoms with Crippen molar-refractivity contribution in [3.63, 3.8) is 0 Å². The van der Waals surface area contributed by atoms with Gasteiger partial charge in [0.1, 0.15) is 0 Å². The number of amides is 1. The van der Waals surface area contributed by atoms with Crippen LogP contribution in [0, 0.1) is 18.3 Å². The second-order valence-corrected chi connectivity index (χ2v) is 7.60. The number of carbonyl (C=O) groups excluding carboxylic acids is 2. The smallest absolute Gasteiger partial charge is 0.337 e. The first-order valence-electron chi connectivity index (χ1n) is 9.77. The first kappa shape index (κ1) is 18.6. The van der Waals surface area contributed by atoms with Crippen LogP contribution in [0.4, 0.5) is 0 Å². The lowest BCUT2D eigenvalue weighted by Crippen LogP contribution is -2.44. The van der Waals surface area contributed by atoms with Gasteiger partial charge < -0.3 is 14.6 Å². The number of nitrogens with one attached hydrogen (secondary N) is 1. The van der Waals surface area contributed by atoms with Crippen molar-refractivity contribution < 1.29 is 14.3 Å². The number of rotatable bonds is 3. The van der Waals surface area contributed by atoms with Crippen LogP contribution in [0.5, 0.6) is 0 Å². The van der Waals surface area contributed by atoms with E-state index in [0.29, 0.717) is 18.7 Å². The SMILES string of the molecule is C#CCN1CCC(C(=O)N2CCc3[nH]c4ccc(C(=O)OC)cc4c3C2)CC1. The fourth-order valence-electron chi connectivity index (χ4n) is 4.37. The van der Waals surface area contributed by atoms with Crippen molar-refractivity contribution in [2.24, 2.45) is 5.92 Å². The van der Waals surface area contributed by atoms with Gasteiger partial charge in [0.05, 0.1) is 19.2 Å². The maximum atomic E-state index is 13.1. The standard InChI is InChI=1S/C22H25N3O3/c1-3-9-24-10-6-15(7-11-24)21(26)25-12-8-20-18(14-25)17-13-16(22(27)28-2)4-5-19(17)23-20/h1,4-5,13,15,23H,6-12,14H2,2H3. The largest absolute Gasteiger partial charge is 0.465 e. The van der Waals surface area contributed by atoms with Crippen LogP contribution >= 0.6 is 0 Å². The molecule has 4 rings (SSSR count). The van der Waals surface area contributed by atoms with Gasteiger partial charge in [-0.15, -0.1) is 6.42 Å². The maximum Gasteiger partial charge on any atom is 0.337 e. The molecule has 1 aromatic carbocycles. The van der Waals surface area contributed by atoms with E-state index in [2.05, 4.69) is 15.8 Å². The Balaban J connectivity index is 1.51. The minimum atomic E-state index is -0.348. The molecule has 1 amide bonds. The molecule has 6 nitrogen and oxygen atoms in total. The lowest BCUT2D eigenvalue weighted by Gasteiger charge is -2.35. The molecule has 0 atom stereocenters. The molecule has 0 bridgehead atoms. The van der Waals surface area contributed by atoms with Gasteiger partial charge in [-0.1, -0.05) is 5.92 Å². The Labute approximate surface area is 164 Å². The van der Waals surface area contributed by atoms with Crippen LogP contribution < -0.4 is 0 Å². The number of terminal acetylenes is 1. The summed E-state index contributed by atoms with van der Waals surface area (Å²) in [6, 6.07) is 5.54. The third-order valence-electron chi connectivity index (χ3n) is 5.96. The Kier molecular flexibility index (Phi) is 5.10. The van der Waals surface area contributed by atoms with E-state index >= 15 is 0 Å². The van der Waals surface area contributed by atoms with Gasteiger partial charge in [-0.25, -0.2) is 4.79 Å². The molecule has 2 aliphatic heterocycles. The number of esters is 1. The molecule has 0 aliphatic carbocycles. The number of piperidine rings is 1. The predicted octanol–water partition coefficient (Wildman–Crippen LogP) is 2.18. The van der Waals surface area contributed by atoms with Crippen LogP contribution in [0.3, 0.4) is 0 Å². The Morgan fingerprint density at radius 2 is 2.07 bits per heavy atom. The summed E-state index contributed by atoms with van der Waals surface area (Å²) < 4.78 is 4.84. The summed E-state index contributed by atoms with van der Waals surface area (Å²) in [4.78, 5) is 32.6. The van der Waals surface area contributed by atoms with E-state index in [0.717, 1.165) is 61.1 Å². The van der Waals surface area contributed by atoms with E-state index in [-0.39, 0.29) is 17.8 Å². The van der Waals surface area contributed by atoms with Gasteiger partial charge in [-0.3, -0.25) is 9.69 Å². The van der Waals surface area contributed by atoms with E-state index < -0.39 is 0 Å². The zero-order valence-electron chi connectivity index (χ0n) is 16.2. The molecule has 1 aromatic heterocycles.